The topological polar surface area (TPSA) is 55.4 Å². The molecule has 3 heterocycles. The van der Waals surface area contributed by atoms with Gasteiger partial charge in [-0.05, 0) is 36.2 Å². The first kappa shape index (κ1) is 17.9. The Balaban J connectivity index is 1.38. The van der Waals surface area contributed by atoms with Gasteiger partial charge in [0.2, 0.25) is 0 Å². The van der Waals surface area contributed by atoms with Gasteiger partial charge in [0, 0.05) is 29.9 Å². The number of nitrogens with one attached hydrogen (secondary N) is 2. The van der Waals surface area contributed by atoms with Crippen LogP contribution in [-0.2, 0) is 12.8 Å². The van der Waals surface area contributed by atoms with Crippen molar-refractivity contribution < 1.29 is 9.47 Å². The highest BCUT2D eigenvalue weighted by molar-refractivity contribution is 5.71. The molecule has 0 bridgehead atoms. The van der Waals surface area contributed by atoms with Crippen molar-refractivity contribution >= 4 is 17.1 Å². The van der Waals surface area contributed by atoms with Crippen molar-refractivity contribution in [2.75, 3.05) is 23.8 Å². The van der Waals surface area contributed by atoms with Gasteiger partial charge in [0.1, 0.15) is 18.1 Å². The maximum atomic E-state index is 6.10. The van der Waals surface area contributed by atoms with Crippen LogP contribution in [0.15, 0.2) is 54.7 Å². The van der Waals surface area contributed by atoms with Gasteiger partial charge in [-0.3, -0.25) is 4.98 Å². The van der Waals surface area contributed by atoms with E-state index in [0.717, 1.165) is 65.7 Å². The Bertz CT molecular complexity index is 1030. The summed E-state index contributed by atoms with van der Waals surface area (Å²) in [5.74, 6) is 1.90. The lowest BCUT2D eigenvalue weighted by Gasteiger charge is -2.15. The summed E-state index contributed by atoms with van der Waals surface area (Å²) in [5.41, 5.74) is 6.61. The summed E-state index contributed by atoms with van der Waals surface area (Å²) < 4.78 is 11.8. The van der Waals surface area contributed by atoms with Gasteiger partial charge >= 0.3 is 0 Å². The van der Waals surface area contributed by atoms with Gasteiger partial charge in [-0.15, -0.1) is 0 Å². The average molecular weight is 387 g/mol. The largest absolute Gasteiger partial charge is 0.493 e. The zero-order valence-corrected chi connectivity index (χ0v) is 16.6. The van der Waals surface area contributed by atoms with Gasteiger partial charge in [-0.1, -0.05) is 31.5 Å². The van der Waals surface area contributed by atoms with Crippen molar-refractivity contribution in [1.82, 2.24) is 4.98 Å². The predicted molar refractivity (Wildman–Crippen MR) is 115 cm³/mol. The number of nitrogens with zero attached hydrogens (tertiary/aromatic N) is 1. The van der Waals surface area contributed by atoms with Crippen molar-refractivity contribution in [1.29, 1.82) is 0 Å². The molecular formula is C24H25N3O2. The molecule has 2 aliphatic heterocycles. The number of rotatable bonds is 6. The Morgan fingerprint density at radius 3 is 2.93 bits per heavy atom. The highest BCUT2D eigenvalue weighted by Gasteiger charge is 2.27. The number of benzene rings is 2. The van der Waals surface area contributed by atoms with E-state index >= 15 is 0 Å². The highest BCUT2D eigenvalue weighted by atomic mass is 16.5. The number of ether oxygens (including phenoxy) is 2. The summed E-state index contributed by atoms with van der Waals surface area (Å²) in [6.07, 6.45) is 4.85. The minimum absolute atomic E-state index is 0.107. The van der Waals surface area contributed by atoms with E-state index in [1.54, 1.807) is 0 Å². The van der Waals surface area contributed by atoms with Crippen LogP contribution in [0.1, 0.15) is 36.2 Å². The zero-order valence-electron chi connectivity index (χ0n) is 16.6. The van der Waals surface area contributed by atoms with Crippen LogP contribution >= 0.6 is 0 Å². The van der Waals surface area contributed by atoms with E-state index in [-0.39, 0.29) is 6.04 Å². The first-order chi connectivity index (χ1) is 14.3. The molecule has 0 unspecified atom stereocenters. The van der Waals surface area contributed by atoms with Gasteiger partial charge in [0.15, 0.2) is 0 Å². The summed E-state index contributed by atoms with van der Waals surface area (Å²) in [5, 5.41) is 7.15. The van der Waals surface area contributed by atoms with Crippen LogP contribution < -0.4 is 20.1 Å². The minimum atomic E-state index is 0.107. The molecule has 5 heteroatoms. The Morgan fingerprint density at radius 1 is 1.07 bits per heavy atom. The van der Waals surface area contributed by atoms with Crippen LogP contribution in [0, 0.1) is 0 Å². The number of hydrogen-bond acceptors (Lipinski definition) is 5. The molecule has 5 rings (SSSR count). The number of pyridine rings is 1. The fourth-order valence-corrected chi connectivity index (χ4v) is 4.05. The van der Waals surface area contributed by atoms with Crippen molar-refractivity contribution in [2.24, 2.45) is 0 Å². The van der Waals surface area contributed by atoms with Crippen molar-refractivity contribution in [3.8, 4) is 11.5 Å². The van der Waals surface area contributed by atoms with Crippen LogP contribution in [0.4, 0.5) is 17.1 Å². The van der Waals surface area contributed by atoms with Gasteiger partial charge in [-0.25, -0.2) is 0 Å². The summed E-state index contributed by atoms with van der Waals surface area (Å²) in [4.78, 5) is 4.53. The monoisotopic (exact) mass is 387 g/mol. The van der Waals surface area contributed by atoms with E-state index in [1.165, 1.54) is 5.56 Å². The number of para-hydroxylation sites is 1. The molecule has 1 atom stereocenters. The lowest BCUT2D eigenvalue weighted by Crippen LogP contribution is -2.11. The van der Waals surface area contributed by atoms with E-state index in [0.29, 0.717) is 6.61 Å². The lowest BCUT2D eigenvalue weighted by molar-refractivity contribution is 0.341. The average Bonchev–Trinajstić information content (AvgIpc) is 3.37. The number of hydrogen-bond donors (Lipinski definition) is 2. The molecular weight excluding hydrogens is 362 g/mol. The van der Waals surface area contributed by atoms with Crippen molar-refractivity contribution in [2.45, 2.75) is 32.2 Å². The molecule has 0 amide bonds. The maximum absolute atomic E-state index is 6.10. The third-order valence-electron chi connectivity index (χ3n) is 5.50. The second-order valence-electron chi connectivity index (χ2n) is 7.53. The molecule has 0 saturated heterocycles. The first-order valence-corrected chi connectivity index (χ1v) is 10.3. The van der Waals surface area contributed by atoms with Gasteiger partial charge in [0.05, 0.1) is 29.7 Å². The molecule has 2 aliphatic rings. The van der Waals surface area contributed by atoms with Crippen LogP contribution in [-0.4, -0.2) is 18.2 Å². The minimum Gasteiger partial charge on any atom is -0.493 e. The Labute approximate surface area is 171 Å². The maximum Gasteiger partial charge on any atom is 0.148 e. The van der Waals surface area contributed by atoms with E-state index in [4.69, 9.17) is 9.47 Å². The summed E-state index contributed by atoms with van der Waals surface area (Å²) in [7, 11) is 0. The molecule has 0 radical (unpaired) electrons. The summed E-state index contributed by atoms with van der Waals surface area (Å²) in [6, 6.07) is 16.8. The Kier molecular flexibility index (Phi) is 4.72. The van der Waals surface area contributed by atoms with Crippen LogP contribution in [0.25, 0.3) is 0 Å². The molecule has 1 aromatic heterocycles. The zero-order chi connectivity index (χ0) is 19.6. The fourth-order valence-electron chi connectivity index (χ4n) is 4.05. The SMILES string of the molecule is CCCc1ncccc1Nc1cccc2c1OC[C@H]2Nc1ccc2c(c1)OCC2. The molecule has 0 aliphatic carbocycles. The molecule has 2 aromatic carbocycles. The fraction of sp³-hybridized carbons (Fsp3) is 0.292. The number of anilines is 3. The van der Waals surface area contributed by atoms with Gasteiger partial charge in [0.25, 0.3) is 0 Å². The number of aryl methyl sites for hydroxylation is 1. The van der Waals surface area contributed by atoms with Crippen LogP contribution in [0.5, 0.6) is 11.5 Å². The number of fused-ring (bicyclic) bond motifs is 2. The van der Waals surface area contributed by atoms with Crippen LogP contribution in [0.2, 0.25) is 0 Å². The Morgan fingerprint density at radius 2 is 2.00 bits per heavy atom. The highest BCUT2D eigenvalue weighted by Crippen LogP contribution is 2.42. The Hall–Kier alpha value is -3.21. The first-order valence-electron chi connectivity index (χ1n) is 10.3. The second-order valence-corrected chi connectivity index (χ2v) is 7.53. The van der Waals surface area contributed by atoms with Crippen LogP contribution in [0.3, 0.4) is 0 Å². The van der Waals surface area contributed by atoms with Gasteiger partial charge in [-0.2, -0.15) is 0 Å². The molecule has 2 N–H and O–H groups in total. The quantitative estimate of drug-likeness (QED) is 0.604. The molecule has 5 nitrogen and oxygen atoms in total. The second kappa shape index (κ2) is 7.66. The molecule has 0 saturated carbocycles. The van der Waals surface area contributed by atoms with E-state index < -0.39 is 0 Å². The molecule has 0 fully saturated rings. The predicted octanol–water partition coefficient (Wildman–Crippen LogP) is 5.26. The molecule has 3 aromatic rings. The molecule has 0 spiro atoms. The van der Waals surface area contributed by atoms with Crippen molar-refractivity contribution in [3.63, 3.8) is 0 Å². The lowest BCUT2D eigenvalue weighted by atomic mass is 10.1. The summed E-state index contributed by atoms with van der Waals surface area (Å²) >= 11 is 0. The molecule has 148 valence electrons. The normalized spacial score (nSPS) is 16.5. The van der Waals surface area contributed by atoms with E-state index in [9.17, 15) is 0 Å². The summed E-state index contributed by atoms with van der Waals surface area (Å²) in [6.45, 7) is 3.54. The van der Waals surface area contributed by atoms with Crippen molar-refractivity contribution in [3.05, 3.63) is 71.5 Å². The smallest absolute Gasteiger partial charge is 0.148 e. The third kappa shape index (κ3) is 3.48. The van der Waals surface area contributed by atoms with Gasteiger partial charge < -0.3 is 20.1 Å². The third-order valence-corrected chi connectivity index (χ3v) is 5.50. The molecule has 29 heavy (non-hydrogen) atoms. The van der Waals surface area contributed by atoms with E-state index in [1.807, 2.05) is 12.3 Å². The standard InChI is InChI=1S/C24H25N3O2/c1-2-5-19-20(8-4-12-25-19)27-21-7-3-6-18-22(15-29-24(18)21)26-17-10-9-16-11-13-28-23(16)14-17/h3-4,6-10,12,14,22,26-27H,2,5,11,13,15H2,1H3/t22-/m1/s1. The van der Waals surface area contributed by atoms with E-state index in [2.05, 4.69) is 65.0 Å². The number of aromatic nitrogens is 1.